The van der Waals surface area contributed by atoms with E-state index in [1.165, 1.54) is 16.0 Å². The van der Waals surface area contributed by atoms with Gasteiger partial charge < -0.3 is 20.2 Å². The molecule has 0 spiro atoms. The first kappa shape index (κ1) is 25.9. The van der Waals surface area contributed by atoms with Gasteiger partial charge in [0, 0.05) is 26.2 Å². The lowest BCUT2D eigenvalue weighted by molar-refractivity contribution is -0.138. The van der Waals surface area contributed by atoms with Crippen LogP contribution in [0, 0.1) is 5.82 Å². The Balaban J connectivity index is 1.27. The Morgan fingerprint density at radius 3 is 2.38 bits per heavy atom. The van der Waals surface area contributed by atoms with Crippen LogP contribution >= 0.6 is 0 Å². The first-order chi connectivity index (χ1) is 17.5. The number of anilines is 1. The molecule has 2 N–H and O–H groups in total. The summed E-state index contributed by atoms with van der Waals surface area (Å²) in [4.78, 5) is 40.1. The molecule has 37 heavy (non-hydrogen) atoms. The molecule has 2 heterocycles. The number of halogens is 4. The summed E-state index contributed by atoms with van der Waals surface area (Å²) in [7, 11) is 0. The molecule has 0 aromatic heterocycles. The molecule has 1 unspecified atom stereocenters. The van der Waals surface area contributed by atoms with E-state index in [1.807, 2.05) is 0 Å². The summed E-state index contributed by atoms with van der Waals surface area (Å²) < 4.78 is 53.3. The highest BCUT2D eigenvalue weighted by Crippen LogP contribution is 2.33. The highest BCUT2D eigenvalue weighted by atomic mass is 19.4. The van der Waals surface area contributed by atoms with Crippen LogP contribution in [0.3, 0.4) is 0 Å². The number of nitrogens with one attached hydrogen (secondary N) is 1. The fourth-order valence-corrected chi connectivity index (χ4v) is 3.99. The lowest BCUT2D eigenvalue weighted by Crippen LogP contribution is -2.53. The number of nitrogens with zero attached hydrogens (tertiary/aromatic N) is 5. The number of benzene rings is 2. The Morgan fingerprint density at radius 2 is 1.70 bits per heavy atom. The number of carbonyl (C=O) groups excluding carboxylic acids is 3. The van der Waals surface area contributed by atoms with Crippen molar-refractivity contribution in [1.29, 1.82) is 0 Å². The van der Waals surface area contributed by atoms with Crippen molar-refractivity contribution in [2.75, 3.05) is 44.3 Å². The average molecular weight is 522 g/mol. The SMILES string of the molecule is O=C(NCC(=O)N1CCN(C(=O)c2cc(F)ccc2C(F)(F)F)CC1)C1CN(c2ccccc2O)N=N1. The third-order valence-corrected chi connectivity index (χ3v) is 5.96. The molecule has 0 bridgehead atoms. The Labute approximate surface area is 208 Å². The molecule has 2 aliphatic rings. The number of piperazine rings is 1. The maximum atomic E-state index is 13.6. The van der Waals surface area contributed by atoms with E-state index in [9.17, 15) is 37.1 Å². The number of phenols is 1. The van der Waals surface area contributed by atoms with Crippen LogP contribution < -0.4 is 10.3 Å². The van der Waals surface area contributed by atoms with E-state index in [4.69, 9.17) is 0 Å². The van der Waals surface area contributed by atoms with E-state index in [2.05, 4.69) is 15.7 Å². The van der Waals surface area contributed by atoms with Crippen molar-refractivity contribution < 1.29 is 37.1 Å². The molecule has 1 atom stereocenters. The Bertz CT molecular complexity index is 1230. The summed E-state index contributed by atoms with van der Waals surface area (Å²) in [6, 6.07) is 7.24. The van der Waals surface area contributed by atoms with Crippen molar-refractivity contribution in [2.45, 2.75) is 12.2 Å². The zero-order valence-corrected chi connectivity index (χ0v) is 19.3. The molecule has 2 aromatic carbocycles. The van der Waals surface area contributed by atoms with E-state index in [-0.39, 0.29) is 45.0 Å². The largest absolute Gasteiger partial charge is 0.506 e. The van der Waals surface area contributed by atoms with E-state index >= 15 is 0 Å². The van der Waals surface area contributed by atoms with Gasteiger partial charge in [0.2, 0.25) is 11.8 Å². The van der Waals surface area contributed by atoms with Gasteiger partial charge in [-0.25, -0.2) is 9.40 Å². The standard InChI is InChI=1S/C23H22F4N6O4/c24-14-5-6-16(23(25,26)27)15(11-14)22(37)32-9-7-31(8-10-32)20(35)12-28-21(36)17-13-33(30-29-17)18-3-1-2-4-19(18)34/h1-6,11,17,34H,7-10,12-13H2,(H,28,36). The zero-order chi connectivity index (χ0) is 26.7. The van der Waals surface area contributed by atoms with Crippen LogP contribution in [0.15, 0.2) is 52.8 Å². The number of carbonyl (C=O) groups is 3. The van der Waals surface area contributed by atoms with Gasteiger partial charge in [-0.15, -0.1) is 0 Å². The minimum atomic E-state index is -4.83. The number of para-hydroxylation sites is 2. The first-order valence-electron chi connectivity index (χ1n) is 11.2. The monoisotopic (exact) mass is 522 g/mol. The lowest BCUT2D eigenvalue weighted by atomic mass is 10.0. The predicted octanol–water partition coefficient (Wildman–Crippen LogP) is 2.21. The van der Waals surface area contributed by atoms with Crippen LogP contribution in [0.5, 0.6) is 5.75 Å². The third kappa shape index (κ3) is 5.78. The van der Waals surface area contributed by atoms with Gasteiger partial charge in [0.25, 0.3) is 5.91 Å². The number of amides is 3. The average Bonchev–Trinajstić information content (AvgIpc) is 3.36. The zero-order valence-electron chi connectivity index (χ0n) is 19.3. The first-order valence-corrected chi connectivity index (χ1v) is 11.2. The number of rotatable bonds is 5. The molecule has 1 fully saturated rings. The maximum absolute atomic E-state index is 13.6. The molecule has 0 radical (unpaired) electrons. The molecule has 0 saturated carbocycles. The molecule has 4 rings (SSSR count). The van der Waals surface area contributed by atoms with Crippen LogP contribution in [0.4, 0.5) is 23.2 Å². The van der Waals surface area contributed by atoms with Gasteiger partial charge >= 0.3 is 6.18 Å². The van der Waals surface area contributed by atoms with Gasteiger partial charge in [0.05, 0.1) is 24.2 Å². The van der Waals surface area contributed by atoms with Gasteiger partial charge in [0.1, 0.15) is 17.3 Å². The fourth-order valence-electron chi connectivity index (χ4n) is 3.99. The normalized spacial score (nSPS) is 17.7. The number of alkyl halides is 3. The molecule has 14 heteroatoms. The molecule has 2 aromatic rings. The van der Waals surface area contributed by atoms with Gasteiger partial charge in [-0.2, -0.15) is 18.3 Å². The number of phenolic OH excluding ortho intramolecular Hbond substituents is 1. The maximum Gasteiger partial charge on any atom is 0.417 e. The van der Waals surface area contributed by atoms with Crippen LogP contribution in [0.25, 0.3) is 0 Å². The van der Waals surface area contributed by atoms with Gasteiger partial charge in [0.15, 0.2) is 6.04 Å². The Kier molecular flexibility index (Phi) is 7.27. The highest BCUT2D eigenvalue weighted by Gasteiger charge is 2.37. The van der Waals surface area contributed by atoms with Gasteiger partial charge in [-0.3, -0.25) is 14.4 Å². The van der Waals surface area contributed by atoms with Crippen molar-refractivity contribution in [2.24, 2.45) is 10.3 Å². The van der Waals surface area contributed by atoms with E-state index < -0.39 is 46.9 Å². The third-order valence-electron chi connectivity index (χ3n) is 5.96. The smallest absolute Gasteiger partial charge is 0.417 e. The van der Waals surface area contributed by atoms with Gasteiger partial charge in [-0.1, -0.05) is 17.4 Å². The Morgan fingerprint density at radius 1 is 1.03 bits per heavy atom. The second-order valence-electron chi connectivity index (χ2n) is 8.37. The van der Waals surface area contributed by atoms with Crippen LogP contribution in [-0.4, -0.2) is 77.9 Å². The predicted molar refractivity (Wildman–Crippen MR) is 121 cm³/mol. The Hall–Kier alpha value is -4.23. The topological polar surface area (TPSA) is 118 Å². The summed E-state index contributed by atoms with van der Waals surface area (Å²) in [5, 5.41) is 21.5. The summed E-state index contributed by atoms with van der Waals surface area (Å²) in [6.45, 7) is -0.337. The minimum Gasteiger partial charge on any atom is -0.506 e. The second-order valence-corrected chi connectivity index (χ2v) is 8.37. The highest BCUT2D eigenvalue weighted by molar-refractivity contribution is 5.96. The summed E-state index contributed by atoms with van der Waals surface area (Å²) in [5.74, 6) is -2.97. The van der Waals surface area contributed by atoms with E-state index in [0.717, 1.165) is 4.90 Å². The number of hydrogen-bond donors (Lipinski definition) is 2. The number of aromatic hydroxyl groups is 1. The molecular weight excluding hydrogens is 500 g/mol. The van der Waals surface area contributed by atoms with Crippen molar-refractivity contribution >= 4 is 23.4 Å². The molecule has 10 nitrogen and oxygen atoms in total. The molecule has 0 aliphatic carbocycles. The lowest BCUT2D eigenvalue weighted by Gasteiger charge is -2.35. The molecule has 3 amide bonds. The molecule has 196 valence electrons. The van der Waals surface area contributed by atoms with Crippen molar-refractivity contribution in [3.05, 3.63) is 59.4 Å². The quantitative estimate of drug-likeness (QED) is 0.584. The minimum absolute atomic E-state index is 0.0256. The second kappa shape index (κ2) is 10.4. The van der Waals surface area contributed by atoms with Crippen LogP contribution in [0.1, 0.15) is 15.9 Å². The van der Waals surface area contributed by atoms with E-state index in [1.54, 1.807) is 18.2 Å². The summed E-state index contributed by atoms with van der Waals surface area (Å²) >= 11 is 0. The van der Waals surface area contributed by atoms with Gasteiger partial charge in [-0.05, 0) is 30.3 Å². The van der Waals surface area contributed by atoms with Crippen molar-refractivity contribution in [3.8, 4) is 5.75 Å². The summed E-state index contributed by atoms with van der Waals surface area (Å²) in [5.41, 5.74) is -1.64. The van der Waals surface area contributed by atoms with Crippen molar-refractivity contribution in [3.63, 3.8) is 0 Å². The van der Waals surface area contributed by atoms with Crippen LogP contribution in [0.2, 0.25) is 0 Å². The summed E-state index contributed by atoms with van der Waals surface area (Å²) in [6.07, 6.45) is -4.83. The fraction of sp³-hybridized carbons (Fsp3) is 0.348. The van der Waals surface area contributed by atoms with E-state index in [0.29, 0.717) is 23.9 Å². The van der Waals surface area contributed by atoms with Crippen molar-refractivity contribution in [1.82, 2.24) is 15.1 Å². The van der Waals surface area contributed by atoms with Crippen LogP contribution in [-0.2, 0) is 15.8 Å². The molecule has 1 saturated heterocycles. The molecule has 2 aliphatic heterocycles. The molecular formula is C23H22F4N6O4. The number of hydrogen-bond acceptors (Lipinski definition) is 7.